The van der Waals surface area contributed by atoms with Crippen LogP contribution in [0.3, 0.4) is 0 Å². The lowest BCUT2D eigenvalue weighted by Crippen LogP contribution is -2.31. The molecule has 2 aromatic rings. The van der Waals surface area contributed by atoms with Crippen molar-refractivity contribution in [1.29, 1.82) is 0 Å². The van der Waals surface area contributed by atoms with Gasteiger partial charge in [0.1, 0.15) is 11.9 Å². The molecule has 0 heterocycles. The van der Waals surface area contributed by atoms with Crippen molar-refractivity contribution in [1.82, 2.24) is 0 Å². The Morgan fingerprint density at radius 2 is 1.81 bits per heavy atom. The quantitative estimate of drug-likeness (QED) is 0.832. The highest BCUT2D eigenvalue weighted by molar-refractivity contribution is 9.10. The molecule has 21 heavy (non-hydrogen) atoms. The minimum Gasteiger partial charge on any atom is -0.484 e. The average molecular weight is 348 g/mol. The van der Waals surface area contributed by atoms with E-state index in [2.05, 4.69) is 54.9 Å². The Morgan fingerprint density at radius 3 is 2.43 bits per heavy atom. The molecule has 0 bridgehead atoms. The number of rotatable bonds is 5. The molecule has 0 saturated heterocycles. The minimum absolute atomic E-state index is 0.0506. The molecule has 2 N–H and O–H groups in total. The smallest absolute Gasteiger partial charge is 0.140 e. The van der Waals surface area contributed by atoms with Gasteiger partial charge in [-0.05, 0) is 49.6 Å². The van der Waals surface area contributed by atoms with Crippen LogP contribution in [0.4, 0.5) is 0 Å². The average Bonchev–Trinajstić information content (AvgIpc) is 2.48. The summed E-state index contributed by atoms with van der Waals surface area (Å²) in [5.41, 5.74) is 9.87. The molecule has 0 spiro atoms. The third-order valence-corrected chi connectivity index (χ3v) is 4.54. The summed E-state index contributed by atoms with van der Waals surface area (Å²) in [6.07, 6.45) is 0.698. The first-order valence-corrected chi connectivity index (χ1v) is 8.06. The Labute approximate surface area is 135 Å². The third-order valence-electron chi connectivity index (χ3n) is 3.81. The molecule has 0 amide bonds. The van der Waals surface area contributed by atoms with E-state index in [9.17, 15) is 0 Å². The van der Waals surface area contributed by atoms with Gasteiger partial charge in [0.25, 0.3) is 0 Å². The molecule has 0 aliphatic heterocycles. The van der Waals surface area contributed by atoms with Gasteiger partial charge in [0.2, 0.25) is 0 Å². The Bertz CT molecular complexity index is 612. The van der Waals surface area contributed by atoms with E-state index in [0.717, 1.165) is 22.2 Å². The van der Waals surface area contributed by atoms with E-state index in [4.69, 9.17) is 10.5 Å². The van der Waals surface area contributed by atoms with Gasteiger partial charge in [-0.15, -0.1) is 0 Å². The summed E-state index contributed by atoms with van der Waals surface area (Å²) in [7, 11) is 0. The second kappa shape index (κ2) is 7.10. The number of aryl methyl sites for hydroxylation is 2. The Balaban J connectivity index is 2.33. The van der Waals surface area contributed by atoms with Crippen LogP contribution in [-0.2, 0) is 0 Å². The number of benzene rings is 2. The van der Waals surface area contributed by atoms with Crippen LogP contribution >= 0.6 is 15.9 Å². The van der Waals surface area contributed by atoms with E-state index in [1.54, 1.807) is 0 Å². The Kier molecular flexibility index (Phi) is 5.43. The molecule has 0 saturated carbocycles. The predicted molar refractivity (Wildman–Crippen MR) is 91.7 cm³/mol. The van der Waals surface area contributed by atoms with Gasteiger partial charge in [-0.3, -0.25) is 0 Å². The van der Waals surface area contributed by atoms with Crippen LogP contribution < -0.4 is 10.5 Å². The molecule has 0 aliphatic carbocycles. The first-order chi connectivity index (χ1) is 10.0. The minimum atomic E-state index is -0.160. The highest BCUT2D eigenvalue weighted by Crippen LogP contribution is 2.31. The van der Waals surface area contributed by atoms with E-state index in [0.29, 0.717) is 0 Å². The van der Waals surface area contributed by atoms with Gasteiger partial charge in [-0.2, -0.15) is 0 Å². The van der Waals surface area contributed by atoms with Gasteiger partial charge >= 0.3 is 0 Å². The van der Waals surface area contributed by atoms with Gasteiger partial charge in [0.05, 0.1) is 0 Å². The highest BCUT2D eigenvalue weighted by Gasteiger charge is 2.22. The summed E-state index contributed by atoms with van der Waals surface area (Å²) in [4.78, 5) is 0. The molecule has 112 valence electrons. The molecule has 0 fully saturated rings. The third kappa shape index (κ3) is 3.86. The van der Waals surface area contributed by atoms with E-state index in [-0.39, 0.29) is 12.1 Å². The second-order valence-electron chi connectivity index (χ2n) is 5.38. The molecule has 2 rings (SSSR count). The maximum Gasteiger partial charge on any atom is 0.140 e. The van der Waals surface area contributed by atoms with Crippen LogP contribution in [0.2, 0.25) is 0 Å². The molecular weight excluding hydrogens is 326 g/mol. The Morgan fingerprint density at radius 1 is 1.10 bits per heavy atom. The first kappa shape index (κ1) is 16.1. The van der Waals surface area contributed by atoms with Crippen molar-refractivity contribution in [2.75, 3.05) is 0 Å². The monoisotopic (exact) mass is 347 g/mol. The molecule has 0 radical (unpaired) electrons. The first-order valence-electron chi connectivity index (χ1n) is 7.26. The number of hydrogen-bond acceptors (Lipinski definition) is 2. The molecule has 3 heteroatoms. The normalized spacial score (nSPS) is 13.8. The van der Waals surface area contributed by atoms with Crippen molar-refractivity contribution >= 4 is 15.9 Å². The van der Waals surface area contributed by atoms with E-state index < -0.39 is 0 Å². The van der Waals surface area contributed by atoms with Crippen LogP contribution in [0.5, 0.6) is 5.75 Å². The number of nitrogens with two attached hydrogens (primary N) is 1. The standard InChI is InChI=1S/C18H22BrNO/c1-4-17(20)18(15-7-5-6-8-16(15)19)21-14-10-9-12(2)13(3)11-14/h5-11,17-18H,4,20H2,1-3H3. The van der Waals surface area contributed by atoms with Gasteiger partial charge in [0.15, 0.2) is 0 Å². The fourth-order valence-corrected chi connectivity index (χ4v) is 2.75. The van der Waals surface area contributed by atoms with Gasteiger partial charge < -0.3 is 10.5 Å². The van der Waals surface area contributed by atoms with Crippen LogP contribution in [0.15, 0.2) is 46.9 Å². The fraction of sp³-hybridized carbons (Fsp3) is 0.333. The van der Waals surface area contributed by atoms with E-state index >= 15 is 0 Å². The zero-order valence-electron chi connectivity index (χ0n) is 12.8. The highest BCUT2D eigenvalue weighted by atomic mass is 79.9. The van der Waals surface area contributed by atoms with E-state index in [1.165, 1.54) is 11.1 Å². The summed E-state index contributed by atoms with van der Waals surface area (Å²) in [6.45, 7) is 6.27. The summed E-state index contributed by atoms with van der Waals surface area (Å²) >= 11 is 3.60. The molecule has 0 aliphatic rings. The van der Waals surface area contributed by atoms with Crippen molar-refractivity contribution in [3.8, 4) is 5.75 Å². The maximum absolute atomic E-state index is 6.29. The molecule has 2 atom stereocenters. The molecule has 2 aromatic carbocycles. The van der Waals surface area contributed by atoms with Crippen LogP contribution in [0.1, 0.15) is 36.1 Å². The van der Waals surface area contributed by atoms with Crippen molar-refractivity contribution in [2.24, 2.45) is 5.73 Å². The number of ether oxygens (including phenoxy) is 1. The lowest BCUT2D eigenvalue weighted by molar-refractivity contribution is 0.170. The largest absolute Gasteiger partial charge is 0.484 e. The van der Waals surface area contributed by atoms with Crippen LogP contribution in [0, 0.1) is 13.8 Å². The zero-order chi connectivity index (χ0) is 15.4. The van der Waals surface area contributed by atoms with E-state index in [1.807, 2.05) is 24.3 Å². The van der Waals surface area contributed by atoms with Crippen molar-refractivity contribution < 1.29 is 4.74 Å². The number of hydrogen-bond donors (Lipinski definition) is 1. The fourth-order valence-electron chi connectivity index (χ4n) is 2.24. The van der Waals surface area contributed by atoms with Gasteiger partial charge in [-0.25, -0.2) is 0 Å². The molecule has 2 unspecified atom stereocenters. The SMILES string of the molecule is CCC(N)C(Oc1ccc(C)c(C)c1)c1ccccc1Br. The van der Waals surface area contributed by atoms with Crippen LogP contribution in [0.25, 0.3) is 0 Å². The summed E-state index contributed by atoms with van der Waals surface area (Å²) < 4.78 is 7.25. The summed E-state index contributed by atoms with van der Waals surface area (Å²) in [5.74, 6) is 0.864. The van der Waals surface area contributed by atoms with Crippen molar-refractivity contribution in [3.05, 3.63) is 63.6 Å². The zero-order valence-corrected chi connectivity index (χ0v) is 14.4. The summed E-state index contributed by atoms with van der Waals surface area (Å²) in [5, 5.41) is 0. The molecular formula is C18H22BrNO. The topological polar surface area (TPSA) is 35.2 Å². The van der Waals surface area contributed by atoms with Gasteiger partial charge in [0, 0.05) is 16.1 Å². The Hall–Kier alpha value is -1.32. The summed E-state index contributed by atoms with van der Waals surface area (Å²) in [6, 6.07) is 14.2. The molecule has 2 nitrogen and oxygen atoms in total. The predicted octanol–water partition coefficient (Wildman–Crippen LogP) is 4.92. The lowest BCUT2D eigenvalue weighted by Gasteiger charge is -2.26. The van der Waals surface area contributed by atoms with Gasteiger partial charge in [-0.1, -0.05) is 47.1 Å². The van der Waals surface area contributed by atoms with Crippen LogP contribution in [-0.4, -0.2) is 6.04 Å². The van der Waals surface area contributed by atoms with Crippen molar-refractivity contribution in [3.63, 3.8) is 0 Å². The molecule has 0 aromatic heterocycles. The second-order valence-corrected chi connectivity index (χ2v) is 6.23. The lowest BCUT2D eigenvalue weighted by atomic mass is 10.0. The van der Waals surface area contributed by atoms with Crippen molar-refractivity contribution in [2.45, 2.75) is 39.3 Å². The maximum atomic E-state index is 6.29. The number of halogens is 1.